The lowest BCUT2D eigenvalue weighted by Gasteiger charge is -2.17. The van der Waals surface area contributed by atoms with Gasteiger partial charge < -0.3 is 25.2 Å². The van der Waals surface area contributed by atoms with Gasteiger partial charge in [0.05, 0.1) is 31.5 Å². The van der Waals surface area contributed by atoms with Gasteiger partial charge in [0.15, 0.2) is 0 Å². The summed E-state index contributed by atoms with van der Waals surface area (Å²) in [7, 11) is 0. The molecule has 3 atom stereocenters. The first-order valence-electron chi connectivity index (χ1n) is 7.56. The molecule has 2 aliphatic rings. The van der Waals surface area contributed by atoms with Gasteiger partial charge >= 0.3 is 0 Å². The number of amides is 1. The molecule has 0 aromatic heterocycles. The fraction of sp³-hybridized carbons (Fsp3) is 0.929. The van der Waals surface area contributed by atoms with Crippen LogP contribution >= 0.6 is 0 Å². The lowest BCUT2D eigenvalue weighted by atomic mass is 10.2. The van der Waals surface area contributed by atoms with Crippen LogP contribution in [0.5, 0.6) is 0 Å². The van der Waals surface area contributed by atoms with E-state index in [1.807, 2.05) is 0 Å². The molecule has 116 valence electrons. The van der Waals surface area contributed by atoms with Crippen molar-refractivity contribution in [3.05, 3.63) is 0 Å². The maximum absolute atomic E-state index is 11.7. The molecule has 6 heteroatoms. The van der Waals surface area contributed by atoms with Crippen LogP contribution in [-0.4, -0.2) is 61.7 Å². The molecule has 2 fully saturated rings. The molecule has 0 aromatic rings. The number of carbonyl (C=O) groups is 1. The van der Waals surface area contributed by atoms with Gasteiger partial charge in [-0.1, -0.05) is 0 Å². The molecule has 1 aliphatic heterocycles. The van der Waals surface area contributed by atoms with Crippen molar-refractivity contribution in [1.82, 2.24) is 10.6 Å². The first-order valence-corrected chi connectivity index (χ1v) is 7.56. The number of aliphatic hydroxyl groups is 1. The van der Waals surface area contributed by atoms with Gasteiger partial charge in [-0.3, -0.25) is 4.79 Å². The van der Waals surface area contributed by atoms with Crippen LogP contribution in [0.1, 0.15) is 32.6 Å². The topological polar surface area (TPSA) is 79.8 Å². The van der Waals surface area contributed by atoms with Crippen LogP contribution in [0, 0.1) is 0 Å². The van der Waals surface area contributed by atoms with Crippen LogP contribution in [0.4, 0.5) is 0 Å². The Kier molecular flexibility index (Phi) is 6.22. The van der Waals surface area contributed by atoms with Gasteiger partial charge in [0, 0.05) is 19.2 Å². The van der Waals surface area contributed by atoms with Crippen molar-refractivity contribution < 1.29 is 19.4 Å². The number of rotatable bonds is 9. The number of hydrogen-bond acceptors (Lipinski definition) is 5. The van der Waals surface area contributed by atoms with Crippen molar-refractivity contribution in [1.29, 1.82) is 0 Å². The molecule has 1 saturated carbocycles. The Labute approximate surface area is 120 Å². The van der Waals surface area contributed by atoms with Crippen molar-refractivity contribution in [3.8, 4) is 0 Å². The van der Waals surface area contributed by atoms with Crippen LogP contribution < -0.4 is 10.6 Å². The van der Waals surface area contributed by atoms with Crippen LogP contribution in [0.15, 0.2) is 0 Å². The molecule has 20 heavy (non-hydrogen) atoms. The molecule has 3 N–H and O–H groups in total. The standard InChI is InChI=1S/C14H26N2O4/c1-10(14(18)16-11-4-5-11)15-7-12(17)8-19-9-13-3-2-6-20-13/h10-13,15,17H,2-9H2,1H3,(H,16,18). The molecule has 1 heterocycles. The van der Waals surface area contributed by atoms with Crippen LogP contribution in [0.3, 0.4) is 0 Å². The Hall–Kier alpha value is -0.690. The third-order valence-corrected chi connectivity index (χ3v) is 3.61. The maximum atomic E-state index is 11.7. The highest BCUT2D eigenvalue weighted by Gasteiger charge is 2.25. The number of hydrogen-bond donors (Lipinski definition) is 3. The molecular weight excluding hydrogens is 260 g/mol. The van der Waals surface area contributed by atoms with E-state index in [0.717, 1.165) is 32.3 Å². The molecule has 0 spiro atoms. The minimum atomic E-state index is -0.604. The summed E-state index contributed by atoms with van der Waals surface area (Å²) in [5.74, 6) is -0.0000241. The van der Waals surface area contributed by atoms with Crippen molar-refractivity contribution in [2.45, 2.75) is 56.9 Å². The molecule has 0 bridgehead atoms. The second kappa shape index (κ2) is 7.93. The van der Waals surface area contributed by atoms with E-state index in [1.165, 1.54) is 0 Å². The van der Waals surface area contributed by atoms with Gasteiger partial charge in [-0.2, -0.15) is 0 Å². The van der Waals surface area contributed by atoms with Crippen molar-refractivity contribution >= 4 is 5.91 Å². The summed E-state index contributed by atoms with van der Waals surface area (Å²) in [6.07, 6.45) is 3.86. The summed E-state index contributed by atoms with van der Waals surface area (Å²) < 4.78 is 10.9. The normalized spacial score (nSPS) is 25.4. The highest BCUT2D eigenvalue weighted by atomic mass is 16.5. The predicted octanol–water partition coefficient (Wildman–Crippen LogP) is -0.200. The summed E-state index contributed by atoms with van der Waals surface area (Å²) in [5, 5.41) is 15.7. The SMILES string of the molecule is CC(NCC(O)COCC1CCCO1)C(=O)NC1CC1. The summed E-state index contributed by atoms with van der Waals surface area (Å²) in [6, 6.07) is 0.0785. The Morgan fingerprint density at radius 1 is 1.45 bits per heavy atom. The van der Waals surface area contributed by atoms with E-state index in [2.05, 4.69) is 10.6 Å². The molecule has 6 nitrogen and oxygen atoms in total. The fourth-order valence-corrected chi connectivity index (χ4v) is 2.13. The average Bonchev–Trinajstić information content (AvgIpc) is 3.09. The number of aliphatic hydroxyl groups excluding tert-OH is 1. The zero-order valence-corrected chi connectivity index (χ0v) is 12.1. The molecule has 1 saturated heterocycles. The van der Waals surface area contributed by atoms with E-state index < -0.39 is 6.10 Å². The van der Waals surface area contributed by atoms with Crippen molar-refractivity contribution in [2.24, 2.45) is 0 Å². The number of ether oxygens (including phenoxy) is 2. The van der Waals surface area contributed by atoms with Crippen molar-refractivity contribution in [2.75, 3.05) is 26.4 Å². The molecule has 2 rings (SSSR count). The van der Waals surface area contributed by atoms with Gasteiger partial charge in [0.2, 0.25) is 5.91 Å². The quantitative estimate of drug-likeness (QED) is 0.547. The van der Waals surface area contributed by atoms with E-state index >= 15 is 0 Å². The summed E-state index contributed by atoms with van der Waals surface area (Å²) >= 11 is 0. The van der Waals surface area contributed by atoms with E-state index in [1.54, 1.807) is 6.92 Å². The highest BCUT2D eigenvalue weighted by molar-refractivity contribution is 5.81. The first kappa shape index (κ1) is 15.7. The average molecular weight is 286 g/mol. The van der Waals surface area contributed by atoms with E-state index in [-0.39, 0.29) is 24.7 Å². The third-order valence-electron chi connectivity index (χ3n) is 3.61. The van der Waals surface area contributed by atoms with E-state index in [4.69, 9.17) is 9.47 Å². The van der Waals surface area contributed by atoms with Crippen molar-refractivity contribution in [3.63, 3.8) is 0 Å². The third kappa shape index (κ3) is 5.75. The summed E-state index contributed by atoms with van der Waals surface area (Å²) in [5.41, 5.74) is 0. The molecule has 1 amide bonds. The largest absolute Gasteiger partial charge is 0.389 e. The molecule has 0 radical (unpaired) electrons. The molecule has 3 unspecified atom stereocenters. The van der Waals surface area contributed by atoms with Crippen LogP contribution in [0.25, 0.3) is 0 Å². The Morgan fingerprint density at radius 3 is 2.90 bits per heavy atom. The van der Waals surface area contributed by atoms with Gasteiger partial charge in [-0.15, -0.1) is 0 Å². The highest BCUT2D eigenvalue weighted by Crippen LogP contribution is 2.18. The minimum Gasteiger partial charge on any atom is -0.389 e. The Balaban J connectivity index is 1.49. The number of carbonyl (C=O) groups excluding carboxylic acids is 1. The Morgan fingerprint density at radius 2 is 2.25 bits per heavy atom. The lowest BCUT2D eigenvalue weighted by Crippen LogP contribution is -2.46. The van der Waals surface area contributed by atoms with Gasteiger partial charge in [0.25, 0.3) is 0 Å². The lowest BCUT2D eigenvalue weighted by molar-refractivity contribution is -0.123. The number of nitrogens with one attached hydrogen (secondary N) is 2. The molecule has 0 aromatic carbocycles. The summed E-state index contributed by atoms with van der Waals surface area (Å²) in [4.78, 5) is 11.7. The van der Waals surface area contributed by atoms with Gasteiger partial charge in [0.1, 0.15) is 0 Å². The fourth-order valence-electron chi connectivity index (χ4n) is 2.13. The molecule has 1 aliphatic carbocycles. The van der Waals surface area contributed by atoms with E-state index in [9.17, 15) is 9.90 Å². The zero-order chi connectivity index (χ0) is 14.4. The van der Waals surface area contributed by atoms with Crippen LogP contribution in [0.2, 0.25) is 0 Å². The van der Waals surface area contributed by atoms with Gasteiger partial charge in [-0.25, -0.2) is 0 Å². The Bertz CT molecular complexity index is 304. The first-order chi connectivity index (χ1) is 9.65. The van der Waals surface area contributed by atoms with Crippen LogP contribution in [-0.2, 0) is 14.3 Å². The van der Waals surface area contributed by atoms with Gasteiger partial charge in [-0.05, 0) is 32.6 Å². The maximum Gasteiger partial charge on any atom is 0.237 e. The zero-order valence-electron chi connectivity index (χ0n) is 12.1. The monoisotopic (exact) mass is 286 g/mol. The predicted molar refractivity (Wildman–Crippen MR) is 74.4 cm³/mol. The second-order valence-corrected chi connectivity index (χ2v) is 5.74. The minimum absolute atomic E-state index is 0.0000241. The smallest absolute Gasteiger partial charge is 0.237 e. The summed E-state index contributed by atoms with van der Waals surface area (Å²) in [6.45, 7) is 3.77. The van der Waals surface area contributed by atoms with E-state index in [0.29, 0.717) is 19.2 Å². The second-order valence-electron chi connectivity index (χ2n) is 5.74. The molecular formula is C14H26N2O4.